The number of rotatable bonds is 4. The van der Waals surface area contributed by atoms with Gasteiger partial charge in [-0.1, -0.05) is 19.3 Å². The van der Waals surface area contributed by atoms with Crippen LogP contribution < -0.4 is 11.1 Å². The molecular formula is C13H19N3O2. The minimum Gasteiger partial charge on any atom is -0.477 e. The Kier molecular flexibility index (Phi) is 4.02. The molecule has 1 saturated carbocycles. The summed E-state index contributed by atoms with van der Waals surface area (Å²) in [5, 5.41) is 12.1. The van der Waals surface area contributed by atoms with Crippen molar-refractivity contribution < 1.29 is 9.90 Å². The highest BCUT2D eigenvalue weighted by Crippen LogP contribution is 2.24. The maximum Gasteiger partial charge on any atom is 0.354 e. The predicted molar refractivity (Wildman–Crippen MR) is 70.7 cm³/mol. The van der Waals surface area contributed by atoms with Gasteiger partial charge < -0.3 is 16.2 Å². The van der Waals surface area contributed by atoms with Gasteiger partial charge in [-0.15, -0.1) is 0 Å². The fraction of sp³-hybridized carbons (Fsp3) is 0.538. The molecule has 1 aromatic rings. The van der Waals surface area contributed by atoms with Crippen LogP contribution in [0.25, 0.3) is 0 Å². The number of hydrogen-bond acceptors (Lipinski definition) is 4. The number of carbonyl (C=O) groups is 1. The lowest BCUT2D eigenvalue weighted by molar-refractivity contribution is 0.0690. The van der Waals surface area contributed by atoms with E-state index in [1.807, 2.05) is 0 Å². The summed E-state index contributed by atoms with van der Waals surface area (Å²) < 4.78 is 0. The first-order valence-corrected chi connectivity index (χ1v) is 6.40. The first kappa shape index (κ1) is 12.7. The summed E-state index contributed by atoms with van der Waals surface area (Å²) >= 11 is 0. The minimum atomic E-state index is -1.03. The second-order valence-corrected chi connectivity index (χ2v) is 4.82. The molecule has 2 rings (SSSR count). The highest BCUT2D eigenvalue weighted by molar-refractivity contribution is 5.86. The third-order valence-corrected chi connectivity index (χ3v) is 3.43. The number of nitrogen functional groups attached to an aromatic ring is 1. The highest BCUT2D eigenvalue weighted by atomic mass is 16.4. The maximum atomic E-state index is 10.8. The third-order valence-electron chi connectivity index (χ3n) is 3.43. The zero-order valence-corrected chi connectivity index (χ0v) is 10.4. The van der Waals surface area contributed by atoms with Crippen LogP contribution in [-0.2, 0) is 0 Å². The molecule has 0 saturated heterocycles. The van der Waals surface area contributed by atoms with Crippen LogP contribution in [-0.4, -0.2) is 22.6 Å². The summed E-state index contributed by atoms with van der Waals surface area (Å²) in [6.45, 7) is 0.820. The molecule has 0 spiro atoms. The molecule has 0 bridgehead atoms. The van der Waals surface area contributed by atoms with E-state index in [4.69, 9.17) is 10.8 Å². The van der Waals surface area contributed by atoms with Crippen LogP contribution in [0.2, 0.25) is 0 Å². The number of carboxylic acids is 1. The molecule has 18 heavy (non-hydrogen) atoms. The number of pyridine rings is 1. The summed E-state index contributed by atoms with van der Waals surface area (Å²) in [5.41, 5.74) is 6.31. The second kappa shape index (κ2) is 5.71. The Balaban J connectivity index is 1.99. The van der Waals surface area contributed by atoms with E-state index in [1.54, 1.807) is 6.07 Å². The van der Waals surface area contributed by atoms with Crippen molar-refractivity contribution >= 4 is 17.5 Å². The number of nitrogens with zero attached hydrogens (tertiary/aromatic N) is 1. The van der Waals surface area contributed by atoms with Crippen LogP contribution in [0.15, 0.2) is 12.1 Å². The molecule has 1 aliphatic carbocycles. The van der Waals surface area contributed by atoms with Crippen LogP contribution in [0.5, 0.6) is 0 Å². The van der Waals surface area contributed by atoms with Gasteiger partial charge in [0.25, 0.3) is 0 Å². The van der Waals surface area contributed by atoms with E-state index in [1.165, 1.54) is 38.2 Å². The van der Waals surface area contributed by atoms with Gasteiger partial charge in [0.1, 0.15) is 5.82 Å². The number of nitrogens with one attached hydrogen (secondary N) is 1. The average Bonchev–Trinajstić information content (AvgIpc) is 2.38. The molecule has 1 heterocycles. The topological polar surface area (TPSA) is 88.2 Å². The summed E-state index contributed by atoms with van der Waals surface area (Å²) in [6, 6.07) is 3.00. The van der Waals surface area contributed by atoms with E-state index in [0.29, 0.717) is 17.4 Å². The van der Waals surface area contributed by atoms with Gasteiger partial charge in [0.15, 0.2) is 5.69 Å². The molecule has 0 amide bonds. The van der Waals surface area contributed by atoms with Crippen LogP contribution in [0.1, 0.15) is 42.6 Å². The SMILES string of the molecule is Nc1ccc(C(=O)O)nc1NCC1CCCCC1. The Hall–Kier alpha value is -1.78. The number of aromatic nitrogens is 1. The Morgan fingerprint density at radius 1 is 1.39 bits per heavy atom. The Morgan fingerprint density at radius 3 is 2.78 bits per heavy atom. The molecule has 5 nitrogen and oxygen atoms in total. The van der Waals surface area contributed by atoms with Gasteiger partial charge in [-0.2, -0.15) is 0 Å². The first-order chi connectivity index (χ1) is 8.66. The molecule has 4 N–H and O–H groups in total. The molecule has 1 aromatic heterocycles. The van der Waals surface area contributed by atoms with Crippen LogP contribution in [0.4, 0.5) is 11.5 Å². The molecule has 0 unspecified atom stereocenters. The van der Waals surface area contributed by atoms with Gasteiger partial charge in [0, 0.05) is 6.54 Å². The van der Waals surface area contributed by atoms with Crippen LogP contribution in [0, 0.1) is 5.92 Å². The molecule has 0 atom stereocenters. The number of aromatic carboxylic acids is 1. The molecule has 0 aliphatic heterocycles. The number of nitrogens with two attached hydrogens (primary N) is 1. The fourth-order valence-corrected chi connectivity index (χ4v) is 2.36. The summed E-state index contributed by atoms with van der Waals surface area (Å²) in [4.78, 5) is 14.9. The van der Waals surface area contributed by atoms with Crippen molar-refractivity contribution in [2.75, 3.05) is 17.6 Å². The average molecular weight is 249 g/mol. The van der Waals surface area contributed by atoms with Crippen molar-refractivity contribution in [3.63, 3.8) is 0 Å². The molecule has 5 heteroatoms. The van der Waals surface area contributed by atoms with Crippen molar-refractivity contribution in [2.24, 2.45) is 5.92 Å². The second-order valence-electron chi connectivity index (χ2n) is 4.82. The minimum absolute atomic E-state index is 0.0235. The van der Waals surface area contributed by atoms with Crippen molar-refractivity contribution in [3.8, 4) is 0 Å². The third kappa shape index (κ3) is 3.12. The maximum absolute atomic E-state index is 10.8. The fourth-order valence-electron chi connectivity index (χ4n) is 2.36. The van der Waals surface area contributed by atoms with Crippen molar-refractivity contribution in [3.05, 3.63) is 17.8 Å². The van der Waals surface area contributed by atoms with E-state index in [2.05, 4.69) is 10.3 Å². The van der Waals surface area contributed by atoms with Crippen molar-refractivity contribution in [1.29, 1.82) is 0 Å². The quantitative estimate of drug-likeness (QED) is 0.762. The van der Waals surface area contributed by atoms with E-state index in [-0.39, 0.29) is 5.69 Å². The first-order valence-electron chi connectivity index (χ1n) is 6.40. The Morgan fingerprint density at radius 2 is 2.11 bits per heavy atom. The number of anilines is 2. The summed E-state index contributed by atoms with van der Waals surface area (Å²) in [6.07, 6.45) is 6.34. The normalized spacial score (nSPS) is 16.4. The lowest BCUT2D eigenvalue weighted by Gasteiger charge is -2.22. The molecule has 1 fully saturated rings. The lowest BCUT2D eigenvalue weighted by Crippen LogP contribution is -2.19. The van der Waals surface area contributed by atoms with Crippen molar-refractivity contribution in [2.45, 2.75) is 32.1 Å². The number of carboxylic acid groups (broad SMARTS) is 1. The zero-order valence-electron chi connectivity index (χ0n) is 10.4. The summed E-state index contributed by atoms with van der Waals surface area (Å²) in [7, 11) is 0. The molecule has 1 aliphatic rings. The largest absolute Gasteiger partial charge is 0.477 e. The van der Waals surface area contributed by atoms with Gasteiger partial charge in [-0.25, -0.2) is 9.78 Å². The van der Waals surface area contributed by atoms with Gasteiger partial charge in [-0.3, -0.25) is 0 Å². The van der Waals surface area contributed by atoms with Gasteiger partial charge in [0.2, 0.25) is 0 Å². The zero-order chi connectivity index (χ0) is 13.0. The molecule has 98 valence electrons. The van der Waals surface area contributed by atoms with E-state index < -0.39 is 5.97 Å². The molecule has 0 aromatic carbocycles. The Labute approximate surface area is 106 Å². The molecular weight excluding hydrogens is 230 g/mol. The van der Waals surface area contributed by atoms with Gasteiger partial charge in [-0.05, 0) is 30.9 Å². The van der Waals surface area contributed by atoms with E-state index >= 15 is 0 Å². The molecule has 0 radical (unpaired) electrons. The van der Waals surface area contributed by atoms with Gasteiger partial charge in [0.05, 0.1) is 5.69 Å². The Bertz CT molecular complexity index is 428. The summed E-state index contributed by atoms with van der Waals surface area (Å²) in [5.74, 6) is 0.102. The monoisotopic (exact) mass is 249 g/mol. The predicted octanol–water partition coefficient (Wildman–Crippen LogP) is 2.35. The van der Waals surface area contributed by atoms with Crippen LogP contribution in [0.3, 0.4) is 0 Å². The van der Waals surface area contributed by atoms with E-state index in [0.717, 1.165) is 6.54 Å². The van der Waals surface area contributed by atoms with Crippen molar-refractivity contribution in [1.82, 2.24) is 4.98 Å². The highest BCUT2D eigenvalue weighted by Gasteiger charge is 2.14. The lowest BCUT2D eigenvalue weighted by atomic mass is 9.89. The van der Waals surface area contributed by atoms with E-state index in [9.17, 15) is 4.79 Å². The smallest absolute Gasteiger partial charge is 0.354 e. The van der Waals surface area contributed by atoms with Crippen LogP contribution >= 0.6 is 0 Å². The number of hydrogen-bond donors (Lipinski definition) is 3. The van der Waals surface area contributed by atoms with Gasteiger partial charge >= 0.3 is 5.97 Å². The standard InChI is InChI=1S/C13H19N3O2/c14-10-6-7-11(13(17)18)16-12(10)15-8-9-4-2-1-3-5-9/h6-7,9H,1-5,8,14H2,(H,15,16)(H,17,18).